The number of para-hydroxylation sites is 1. The molecule has 0 aliphatic carbocycles. The van der Waals surface area contributed by atoms with E-state index < -0.39 is 22.4 Å². The molecule has 1 saturated heterocycles. The number of hydrogen-bond acceptors (Lipinski definition) is 6. The summed E-state index contributed by atoms with van der Waals surface area (Å²) >= 11 is 0. The Hall–Kier alpha value is -3.96. The molecule has 0 saturated carbocycles. The summed E-state index contributed by atoms with van der Waals surface area (Å²) in [5.41, 5.74) is -1.30. The van der Waals surface area contributed by atoms with Crippen LogP contribution in [0.1, 0.15) is 12.0 Å². The first-order valence-electron chi connectivity index (χ1n) is 10.5. The lowest BCUT2D eigenvalue weighted by atomic mass is 10.1. The fourth-order valence-corrected chi connectivity index (χ4v) is 3.95. The molecule has 3 aromatic rings. The first-order chi connectivity index (χ1) is 16.1. The predicted molar refractivity (Wildman–Crippen MR) is 118 cm³/mol. The van der Waals surface area contributed by atoms with Gasteiger partial charge in [-0.3, -0.25) is 24.3 Å². The third-order valence-electron chi connectivity index (χ3n) is 5.77. The number of rotatable bonds is 5. The maximum absolute atomic E-state index is 12.9. The van der Waals surface area contributed by atoms with E-state index in [2.05, 4.69) is 4.98 Å². The SMILES string of the molecule is O=C(CCn1cnc2ccccc2c1=O)N1CCN(c2ccc(C(F)(F)F)cc2[N+](=O)[O-])CC1. The van der Waals surface area contributed by atoms with Crippen molar-refractivity contribution in [2.45, 2.75) is 19.1 Å². The van der Waals surface area contributed by atoms with Gasteiger partial charge in [-0.1, -0.05) is 12.1 Å². The Morgan fingerprint density at radius 1 is 1.09 bits per heavy atom. The number of nitrogens with zero attached hydrogens (tertiary/aromatic N) is 5. The van der Waals surface area contributed by atoms with E-state index in [1.165, 1.54) is 10.9 Å². The van der Waals surface area contributed by atoms with Crippen molar-refractivity contribution < 1.29 is 22.9 Å². The van der Waals surface area contributed by atoms with E-state index in [9.17, 15) is 32.9 Å². The molecule has 1 amide bonds. The second kappa shape index (κ2) is 9.12. The van der Waals surface area contributed by atoms with Gasteiger partial charge in [-0.05, 0) is 24.3 Å². The van der Waals surface area contributed by atoms with E-state index in [1.807, 2.05) is 0 Å². The molecule has 12 heteroatoms. The topological polar surface area (TPSA) is 102 Å². The lowest BCUT2D eigenvalue weighted by molar-refractivity contribution is -0.384. The fraction of sp³-hybridized carbons (Fsp3) is 0.318. The second-order valence-corrected chi connectivity index (χ2v) is 7.84. The molecule has 0 spiro atoms. The number of piperazine rings is 1. The number of fused-ring (bicyclic) bond motifs is 1. The molecule has 1 aliphatic rings. The van der Waals surface area contributed by atoms with Crippen LogP contribution in [-0.4, -0.2) is 51.5 Å². The van der Waals surface area contributed by atoms with Crippen LogP contribution in [0.15, 0.2) is 53.6 Å². The summed E-state index contributed by atoms with van der Waals surface area (Å²) in [6.07, 6.45) is -3.21. The number of carbonyl (C=O) groups excluding carboxylic acids is 1. The molecule has 1 aliphatic heterocycles. The van der Waals surface area contributed by atoms with Gasteiger partial charge in [0, 0.05) is 45.2 Å². The van der Waals surface area contributed by atoms with Crippen LogP contribution in [0, 0.1) is 10.1 Å². The minimum Gasteiger partial charge on any atom is -0.362 e. The Bertz CT molecular complexity index is 1300. The van der Waals surface area contributed by atoms with Crippen molar-refractivity contribution in [2.24, 2.45) is 0 Å². The summed E-state index contributed by atoms with van der Waals surface area (Å²) in [7, 11) is 0. The zero-order chi connectivity index (χ0) is 24.5. The normalized spacial score (nSPS) is 14.4. The maximum atomic E-state index is 12.9. The Labute approximate surface area is 191 Å². The molecule has 34 heavy (non-hydrogen) atoms. The van der Waals surface area contributed by atoms with Gasteiger partial charge in [0.2, 0.25) is 5.91 Å². The number of nitro benzene ring substituents is 1. The molecule has 2 aromatic carbocycles. The number of anilines is 1. The molecule has 0 bridgehead atoms. The Balaban J connectivity index is 1.39. The largest absolute Gasteiger partial charge is 0.416 e. The Morgan fingerprint density at radius 2 is 1.79 bits per heavy atom. The predicted octanol–water partition coefficient (Wildman–Crippen LogP) is 3.06. The number of hydrogen-bond donors (Lipinski definition) is 0. The Kier molecular flexibility index (Phi) is 6.22. The van der Waals surface area contributed by atoms with E-state index in [4.69, 9.17) is 0 Å². The van der Waals surface area contributed by atoms with Crippen LogP contribution in [-0.2, 0) is 17.5 Å². The molecule has 9 nitrogen and oxygen atoms in total. The van der Waals surface area contributed by atoms with Crippen LogP contribution >= 0.6 is 0 Å². The minimum absolute atomic E-state index is 0.0698. The zero-order valence-electron chi connectivity index (χ0n) is 17.9. The van der Waals surface area contributed by atoms with E-state index in [1.54, 1.807) is 34.1 Å². The lowest BCUT2D eigenvalue weighted by Gasteiger charge is -2.36. The number of amides is 1. The van der Waals surface area contributed by atoms with Crippen molar-refractivity contribution in [3.8, 4) is 0 Å². The summed E-state index contributed by atoms with van der Waals surface area (Å²) in [4.78, 5) is 43.1. The summed E-state index contributed by atoms with van der Waals surface area (Å²) in [5.74, 6) is -0.193. The molecule has 2 heterocycles. The zero-order valence-corrected chi connectivity index (χ0v) is 17.9. The molecule has 0 radical (unpaired) electrons. The highest BCUT2D eigenvalue weighted by Crippen LogP contribution is 2.36. The van der Waals surface area contributed by atoms with Crippen molar-refractivity contribution in [3.05, 3.63) is 74.8 Å². The highest BCUT2D eigenvalue weighted by atomic mass is 19.4. The van der Waals surface area contributed by atoms with Gasteiger partial charge in [-0.25, -0.2) is 4.98 Å². The molecule has 0 atom stereocenters. The molecule has 4 rings (SSSR count). The molecular weight excluding hydrogens is 455 g/mol. The third kappa shape index (κ3) is 4.70. The smallest absolute Gasteiger partial charge is 0.362 e. The molecule has 0 unspecified atom stereocenters. The summed E-state index contributed by atoms with van der Waals surface area (Å²) < 4.78 is 40.2. The van der Waals surface area contributed by atoms with Crippen LogP contribution in [0.2, 0.25) is 0 Å². The van der Waals surface area contributed by atoms with E-state index in [-0.39, 0.29) is 56.3 Å². The molecule has 1 aromatic heterocycles. The van der Waals surface area contributed by atoms with Crippen LogP contribution < -0.4 is 10.5 Å². The van der Waals surface area contributed by atoms with Gasteiger partial charge < -0.3 is 9.80 Å². The average Bonchev–Trinajstić information content (AvgIpc) is 2.82. The number of aromatic nitrogens is 2. The van der Waals surface area contributed by atoms with Gasteiger partial charge in [0.1, 0.15) is 5.69 Å². The van der Waals surface area contributed by atoms with E-state index in [0.717, 1.165) is 12.1 Å². The highest BCUT2D eigenvalue weighted by Gasteiger charge is 2.34. The van der Waals surface area contributed by atoms with Crippen molar-refractivity contribution in [2.75, 3.05) is 31.1 Å². The number of aryl methyl sites for hydroxylation is 1. The van der Waals surface area contributed by atoms with Crippen LogP contribution in [0.3, 0.4) is 0 Å². The van der Waals surface area contributed by atoms with Crippen molar-refractivity contribution in [1.29, 1.82) is 0 Å². The highest BCUT2D eigenvalue weighted by molar-refractivity contribution is 5.78. The van der Waals surface area contributed by atoms with Gasteiger partial charge in [0.05, 0.1) is 27.7 Å². The fourth-order valence-electron chi connectivity index (χ4n) is 3.95. The lowest BCUT2D eigenvalue weighted by Crippen LogP contribution is -2.49. The quantitative estimate of drug-likeness (QED) is 0.415. The summed E-state index contributed by atoms with van der Waals surface area (Å²) in [5, 5.41) is 11.8. The van der Waals surface area contributed by atoms with E-state index in [0.29, 0.717) is 17.0 Å². The standard InChI is InChI=1S/C22H20F3N5O4/c23-22(24,25)15-5-6-18(19(13-15)30(33)34)27-9-11-28(12-10-27)20(31)7-8-29-14-26-17-4-2-1-3-16(17)21(29)32/h1-6,13-14H,7-12H2. The minimum atomic E-state index is -4.68. The number of nitro groups is 1. The van der Waals surface area contributed by atoms with Gasteiger partial charge in [0.25, 0.3) is 11.2 Å². The van der Waals surface area contributed by atoms with Crippen LogP contribution in [0.25, 0.3) is 10.9 Å². The third-order valence-corrected chi connectivity index (χ3v) is 5.77. The monoisotopic (exact) mass is 475 g/mol. The van der Waals surface area contributed by atoms with E-state index >= 15 is 0 Å². The van der Waals surface area contributed by atoms with Gasteiger partial charge >= 0.3 is 6.18 Å². The Morgan fingerprint density at radius 3 is 2.47 bits per heavy atom. The number of benzene rings is 2. The summed E-state index contributed by atoms with van der Waals surface area (Å²) in [6.45, 7) is 1.12. The molecular formula is C22H20F3N5O4. The van der Waals surface area contributed by atoms with Gasteiger partial charge in [-0.15, -0.1) is 0 Å². The van der Waals surface area contributed by atoms with Gasteiger partial charge in [-0.2, -0.15) is 13.2 Å². The average molecular weight is 475 g/mol. The first kappa shape index (κ1) is 23.2. The molecule has 178 valence electrons. The summed E-state index contributed by atoms with van der Waals surface area (Å²) in [6, 6.07) is 9.35. The van der Waals surface area contributed by atoms with Gasteiger partial charge in [0.15, 0.2) is 0 Å². The number of carbonyl (C=O) groups is 1. The molecule has 1 fully saturated rings. The number of halogens is 3. The van der Waals surface area contributed by atoms with Crippen LogP contribution in [0.4, 0.5) is 24.5 Å². The first-order valence-corrected chi connectivity index (χ1v) is 10.5. The molecule has 0 N–H and O–H groups in total. The van der Waals surface area contributed by atoms with Crippen molar-refractivity contribution in [1.82, 2.24) is 14.5 Å². The maximum Gasteiger partial charge on any atom is 0.416 e. The number of alkyl halides is 3. The van der Waals surface area contributed by atoms with Crippen LogP contribution in [0.5, 0.6) is 0 Å². The second-order valence-electron chi connectivity index (χ2n) is 7.84. The van der Waals surface area contributed by atoms with Crippen molar-refractivity contribution >= 4 is 28.2 Å². The van der Waals surface area contributed by atoms with Crippen molar-refractivity contribution in [3.63, 3.8) is 0 Å².